The monoisotopic (exact) mass is 679 g/mol. The molecule has 9 nitrogen and oxygen atoms in total. The Labute approximate surface area is 283 Å². The van der Waals surface area contributed by atoms with E-state index < -0.39 is 26.5 Å². The van der Waals surface area contributed by atoms with E-state index in [1.165, 1.54) is 135 Å². The van der Waals surface area contributed by atoms with E-state index in [4.69, 9.17) is 18.5 Å². The van der Waals surface area contributed by atoms with Gasteiger partial charge >= 0.3 is 19.8 Å². The van der Waals surface area contributed by atoms with Crippen LogP contribution in [-0.4, -0.2) is 74.9 Å². The maximum Gasteiger partial charge on any atom is 0.472 e. The van der Waals surface area contributed by atoms with E-state index in [1.807, 2.05) is 21.1 Å². The van der Waals surface area contributed by atoms with Crippen LogP contribution in [0.2, 0.25) is 0 Å². The smallest absolute Gasteiger partial charge is 0.462 e. The maximum atomic E-state index is 12.2. The second-order valence-electron chi connectivity index (χ2n) is 14.1. The predicted octanol–water partition coefficient (Wildman–Crippen LogP) is 9.68. The lowest BCUT2D eigenvalue weighted by Gasteiger charge is -2.24. The van der Waals surface area contributed by atoms with Crippen molar-refractivity contribution < 1.29 is 42.1 Å². The van der Waals surface area contributed by atoms with E-state index in [0.717, 1.165) is 19.3 Å². The van der Waals surface area contributed by atoms with Crippen molar-refractivity contribution in [1.82, 2.24) is 0 Å². The van der Waals surface area contributed by atoms with Crippen LogP contribution >= 0.6 is 7.82 Å². The average molecular weight is 679 g/mol. The summed E-state index contributed by atoms with van der Waals surface area (Å²) >= 11 is 0. The van der Waals surface area contributed by atoms with Gasteiger partial charge in [-0.25, -0.2) is 4.57 Å². The van der Waals surface area contributed by atoms with Crippen molar-refractivity contribution in [2.75, 3.05) is 47.5 Å². The minimum atomic E-state index is -4.32. The number of carbonyl (C=O) groups excluding carboxylic acids is 2. The summed E-state index contributed by atoms with van der Waals surface area (Å²) in [6.07, 6.45) is 29.7. The van der Waals surface area contributed by atoms with Crippen LogP contribution in [0.25, 0.3) is 0 Å². The molecule has 0 aliphatic carbocycles. The minimum absolute atomic E-state index is 0.0318. The number of hydrogen-bond acceptors (Lipinski definition) is 7. The van der Waals surface area contributed by atoms with E-state index in [0.29, 0.717) is 17.4 Å². The Hall–Kier alpha value is -0.990. The van der Waals surface area contributed by atoms with Gasteiger partial charge in [-0.3, -0.25) is 18.6 Å². The number of quaternary nitrogens is 1. The van der Waals surface area contributed by atoms with E-state index in [-0.39, 0.29) is 19.2 Å². The van der Waals surface area contributed by atoms with Crippen LogP contribution in [0.5, 0.6) is 0 Å². The third-order valence-corrected chi connectivity index (χ3v) is 9.17. The summed E-state index contributed by atoms with van der Waals surface area (Å²) in [4.78, 5) is 33.4. The number of nitrogens with zero attached hydrogens (tertiary/aromatic N) is 1. The molecule has 0 aromatic rings. The van der Waals surface area contributed by atoms with Gasteiger partial charge in [0.1, 0.15) is 19.8 Å². The standard InChI is InChI=1S/C36H72NO8P/c1-6-7-8-9-10-11-12-13-14-15-16-17-18-19-20-21-22-23-24-25-26-27-28-29-36(39)42-32-35(45-34(2)38)33-44-46(40,41)43-31-30-37(3,4)5/h35H,6-33H2,1-5H3/p+1/t35-/m1/s1. The van der Waals surface area contributed by atoms with Crippen LogP contribution in [0.4, 0.5) is 0 Å². The zero-order chi connectivity index (χ0) is 34.4. The first-order chi connectivity index (χ1) is 21.9. The Kier molecular flexibility index (Phi) is 29.4. The Balaban J connectivity index is 3.64. The third-order valence-electron chi connectivity index (χ3n) is 8.19. The molecule has 0 heterocycles. The minimum Gasteiger partial charge on any atom is -0.462 e. The number of likely N-dealkylation sites (N-methyl/N-ethyl adjacent to an activating group) is 1. The molecular formula is C36H73NO8P+. The first-order valence-electron chi connectivity index (χ1n) is 18.7. The molecule has 0 rings (SSSR count). The molecule has 1 unspecified atom stereocenters. The summed E-state index contributed by atoms with van der Waals surface area (Å²) in [5, 5.41) is 0. The summed E-state index contributed by atoms with van der Waals surface area (Å²) in [5.74, 6) is -0.981. The highest BCUT2D eigenvalue weighted by Crippen LogP contribution is 2.43. The number of phosphoric acid groups is 1. The lowest BCUT2D eigenvalue weighted by molar-refractivity contribution is -0.870. The summed E-state index contributed by atoms with van der Waals surface area (Å²) in [5.41, 5.74) is 0. The summed E-state index contributed by atoms with van der Waals surface area (Å²) in [6, 6.07) is 0. The van der Waals surface area contributed by atoms with E-state index in [2.05, 4.69) is 6.92 Å². The first kappa shape index (κ1) is 45.0. The van der Waals surface area contributed by atoms with Gasteiger partial charge in [0.25, 0.3) is 0 Å². The lowest BCUT2D eigenvalue weighted by Crippen LogP contribution is -2.37. The van der Waals surface area contributed by atoms with Gasteiger partial charge < -0.3 is 18.9 Å². The van der Waals surface area contributed by atoms with E-state index in [1.54, 1.807) is 0 Å². The Bertz CT molecular complexity index is 774. The molecule has 0 saturated heterocycles. The van der Waals surface area contributed by atoms with Crippen molar-refractivity contribution in [2.24, 2.45) is 0 Å². The molecule has 0 bridgehead atoms. The average Bonchev–Trinajstić information content (AvgIpc) is 2.98. The van der Waals surface area contributed by atoms with Crippen molar-refractivity contribution in [2.45, 2.75) is 174 Å². The molecule has 10 heteroatoms. The molecule has 2 atom stereocenters. The van der Waals surface area contributed by atoms with Crippen molar-refractivity contribution in [3.63, 3.8) is 0 Å². The number of carbonyl (C=O) groups is 2. The zero-order valence-electron chi connectivity index (χ0n) is 30.6. The highest BCUT2D eigenvalue weighted by Gasteiger charge is 2.26. The molecule has 0 aromatic carbocycles. The van der Waals surface area contributed by atoms with Crippen LogP contribution in [0.1, 0.15) is 168 Å². The first-order valence-corrected chi connectivity index (χ1v) is 20.2. The van der Waals surface area contributed by atoms with Gasteiger partial charge in [0, 0.05) is 13.3 Å². The van der Waals surface area contributed by atoms with Gasteiger partial charge in [-0.05, 0) is 6.42 Å². The molecule has 1 N–H and O–H groups in total. The number of ether oxygens (including phenoxy) is 2. The molecule has 0 saturated carbocycles. The van der Waals surface area contributed by atoms with E-state index >= 15 is 0 Å². The summed E-state index contributed by atoms with van der Waals surface area (Å²) in [6.45, 7) is 3.39. The lowest BCUT2D eigenvalue weighted by atomic mass is 10.0. The molecule has 46 heavy (non-hydrogen) atoms. The van der Waals surface area contributed by atoms with Gasteiger partial charge in [0.15, 0.2) is 6.10 Å². The topological polar surface area (TPSA) is 108 Å². The van der Waals surface area contributed by atoms with Gasteiger partial charge in [-0.2, -0.15) is 0 Å². The second-order valence-corrected chi connectivity index (χ2v) is 15.5. The zero-order valence-corrected chi connectivity index (χ0v) is 31.5. The van der Waals surface area contributed by atoms with Gasteiger partial charge in [-0.15, -0.1) is 0 Å². The van der Waals surface area contributed by atoms with Crippen LogP contribution in [0, 0.1) is 0 Å². The third kappa shape index (κ3) is 34.3. The van der Waals surface area contributed by atoms with Gasteiger partial charge in [-0.1, -0.05) is 148 Å². The molecule has 0 aliphatic rings. The predicted molar refractivity (Wildman–Crippen MR) is 188 cm³/mol. The number of unbranched alkanes of at least 4 members (excludes halogenated alkanes) is 22. The summed E-state index contributed by atoms with van der Waals surface area (Å²) in [7, 11) is 1.48. The SMILES string of the molecule is CCCCCCCCCCCCCCCCCCCCCCCCCC(=O)OC[C@H](COP(=O)(O)OCC[N+](C)(C)C)OC(C)=O. The Morgan fingerprint density at radius 2 is 1.02 bits per heavy atom. The molecule has 0 fully saturated rings. The number of rotatable bonds is 34. The van der Waals surface area contributed by atoms with Crippen LogP contribution in [-0.2, 0) is 32.7 Å². The molecular weight excluding hydrogens is 605 g/mol. The van der Waals surface area contributed by atoms with Crippen molar-refractivity contribution in [3.8, 4) is 0 Å². The molecule has 0 amide bonds. The Morgan fingerprint density at radius 1 is 0.630 bits per heavy atom. The van der Waals surface area contributed by atoms with Crippen LogP contribution < -0.4 is 0 Å². The molecule has 0 spiro atoms. The van der Waals surface area contributed by atoms with Crippen LogP contribution in [0.15, 0.2) is 0 Å². The van der Waals surface area contributed by atoms with Gasteiger partial charge in [0.2, 0.25) is 0 Å². The van der Waals surface area contributed by atoms with Crippen molar-refractivity contribution >= 4 is 19.8 Å². The summed E-state index contributed by atoms with van der Waals surface area (Å²) < 4.78 is 32.9. The highest BCUT2D eigenvalue weighted by molar-refractivity contribution is 7.47. The largest absolute Gasteiger partial charge is 0.472 e. The number of esters is 2. The fraction of sp³-hybridized carbons (Fsp3) is 0.944. The van der Waals surface area contributed by atoms with Crippen LogP contribution in [0.3, 0.4) is 0 Å². The molecule has 274 valence electrons. The molecule has 0 aromatic heterocycles. The van der Waals surface area contributed by atoms with Crippen molar-refractivity contribution in [3.05, 3.63) is 0 Å². The number of phosphoric ester groups is 1. The van der Waals surface area contributed by atoms with Gasteiger partial charge in [0.05, 0.1) is 27.7 Å². The number of hydrogen-bond donors (Lipinski definition) is 1. The quantitative estimate of drug-likeness (QED) is 0.0310. The second kappa shape index (κ2) is 30.1. The molecule has 0 aliphatic heterocycles. The fourth-order valence-corrected chi connectivity index (χ4v) is 6.05. The highest BCUT2D eigenvalue weighted by atomic mass is 31.2. The van der Waals surface area contributed by atoms with Crippen molar-refractivity contribution in [1.29, 1.82) is 0 Å². The molecule has 0 radical (unpaired) electrons. The Morgan fingerprint density at radius 3 is 1.39 bits per heavy atom. The normalized spacial score (nSPS) is 13.8. The fourth-order valence-electron chi connectivity index (χ4n) is 5.31. The van der Waals surface area contributed by atoms with E-state index in [9.17, 15) is 19.0 Å². The maximum absolute atomic E-state index is 12.2.